The summed E-state index contributed by atoms with van der Waals surface area (Å²) < 4.78 is 33.1. The first-order chi connectivity index (χ1) is 19.2. The number of nitrogens with zero attached hydrogens (tertiary/aromatic N) is 4. The number of benzene rings is 1. The van der Waals surface area contributed by atoms with Crippen LogP contribution < -0.4 is 10.1 Å². The molecule has 214 valence electrons. The number of aliphatic carboxylic acids is 1. The van der Waals surface area contributed by atoms with Gasteiger partial charge in [-0.25, -0.2) is 18.4 Å². The molecule has 0 spiro atoms. The Kier molecular flexibility index (Phi) is 8.36. The molecule has 2 aliphatic rings. The largest absolute Gasteiger partial charge is 0.481 e. The Morgan fingerprint density at radius 3 is 2.52 bits per heavy atom. The second-order valence-electron chi connectivity index (χ2n) is 10.4. The number of likely N-dealkylation sites (N-methyl/N-ethyl adjacent to an activating group) is 1. The minimum Gasteiger partial charge on any atom is -0.481 e. The van der Waals surface area contributed by atoms with Gasteiger partial charge in [-0.2, -0.15) is 4.31 Å². The van der Waals surface area contributed by atoms with Crippen LogP contribution >= 0.6 is 11.3 Å². The number of piperazine rings is 1. The Morgan fingerprint density at radius 1 is 1.12 bits per heavy atom. The number of carbonyl (C=O) groups excluding carboxylic acids is 1. The summed E-state index contributed by atoms with van der Waals surface area (Å²) in [5, 5.41) is 12.9. The van der Waals surface area contributed by atoms with E-state index in [-0.39, 0.29) is 23.9 Å². The van der Waals surface area contributed by atoms with Gasteiger partial charge in [0.1, 0.15) is 16.4 Å². The highest BCUT2D eigenvalue weighted by molar-refractivity contribution is 7.89. The van der Waals surface area contributed by atoms with E-state index in [1.807, 2.05) is 0 Å². The van der Waals surface area contributed by atoms with Crippen LogP contribution in [0.4, 0.5) is 5.13 Å². The van der Waals surface area contributed by atoms with E-state index in [0.717, 1.165) is 31.2 Å². The highest BCUT2D eigenvalue weighted by atomic mass is 32.2. The average molecular weight is 588 g/mol. The lowest BCUT2D eigenvalue weighted by Crippen LogP contribution is -2.56. The Bertz CT molecular complexity index is 1490. The van der Waals surface area contributed by atoms with E-state index < -0.39 is 28.0 Å². The van der Waals surface area contributed by atoms with E-state index in [4.69, 9.17) is 4.74 Å². The molecule has 1 aliphatic carbocycles. The number of amides is 1. The monoisotopic (exact) mass is 587 g/mol. The van der Waals surface area contributed by atoms with Gasteiger partial charge in [0, 0.05) is 25.7 Å². The van der Waals surface area contributed by atoms with Crippen LogP contribution in [0.25, 0.3) is 10.3 Å². The zero-order chi connectivity index (χ0) is 28.4. The van der Waals surface area contributed by atoms with Gasteiger partial charge in [-0.15, -0.1) is 0 Å². The minimum absolute atomic E-state index is 0.0798. The van der Waals surface area contributed by atoms with Gasteiger partial charge >= 0.3 is 5.97 Å². The summed E-state index contributed by atoms with van der Waals surface area (Å²) in [5.74, 6) is -0.843. The SMILES string of the molecule is COc1ccc2nc(NC(=O)C(CC3CCCC3)c3ccc(S(=O)(=O)N4CCN(C)C(C(=O)O)C4)cc3)sc2n1. The molecule has 2 fully saturated rings. The fraction of sp³-hybridized carbons (Fsp3) is 0.481. The van der Waals surface area contributed by atoms with E-state index in [1.165, 1.54) is 27.8 Å². The standard InChI is InChI=1S/C27H33N5O6S2/c1-31-13-14-32(16-22(31)26(34)35)40(36,37)19-9-7-18(8-10-19)20(15-17-5-3-4-6-17)24(33)30-27-28-21-11-12-23(38-2)29-25(21)39-27/h7-12,17,20,22H,3-6,13-16H2,1-2H3,(H,34,35)(H,28,30,33). The number of thiazole rings is 1. The van der Waals surface area contributed by atoms with Gasteiger partial charge in [-0.3, -0.25) is 14.5 Å². The van der Waals surface area contributed by atoms with Gasteiger partial charge in [0.25, 0.3) is 0 Å². The van der Waals surface area contributed by atoms with Crippen molar-refractivity contribution in [3.8, 4) is 5.88 Å². The summed E-state index contributed by atoms with van der Waals surface area (Å²) >= 11 is 1.27. The highest BCUT2D eigenvalue weighted by Gasteiger charge is 2.36. The molecule has 5 rings (SSSR count). The van der Waals surface area contributed by atoms with E-state index >= 15 is 0 Å². The number of ether oxygens (including phenoxy) is 1. The quantitative estimate of drug-likeness (QED) is 0.385. The predicted octanol–water partition coefficient (Wildman–Crippen LogP) is 3.39. The van der Waals surface area contributed by atoms with E-state index in [1.54, 1.807) is 43.3 Å². The molecule has 0 bridgehead atoms. The molecule has 2 atom stereocenters. The number of hydrogen-bond donors (Lipinski definition) is 2. The maximum absolute atomic E-state index is 13.6. The number of methoxy groups -OCH3 is 1. The first kappa shape index (κ1) is 28.4. The third-order valence-corrected chi connectivity index (χ3v) is 10.6. The lowest BCUT2D eigenvalue weighted by molar-refractivity contribution is -0.144. The molecule has 1 saturated heterocycles. The number of aromatic nitrogens is 2. The van der Waals surface area contributed by atoms with E-state index in [2.05, 4.69) is 15.3 Å². The first-order valence-corrected chi connectivity index (χ1v) is 15.6. The van der Waals surface area contributed by atoms with Gasteiger partial charge in [0.2, 0.25) is 21.8 Å². The third kappa shape index (κ3) is 5.97. The third-order valence-electron chi connectivity index (χ3n) is 7.85. The molecule has 40 heavy (non-hydrogen) atoms. The normalized spacial score (nSPS) is 20.0. The van der Waals surface area contributed by atoms with Gasteiger partial charge < -0.3 is 15.2 Å². The molecule has 1 aromatic carbocycles. The maximum atomic E-state index is 13.6. The minimum atomic E-state index is -3.89. The molecule has 1 amide bonds. The van der Waals surface area contributed by atoms with Crippen LogP contribution in [-0.2, 0) is 19.6 Å². The second kappa shape index (κ2) is 11.8. The number of pyridine rings is 1. The van der Waals surface area contributed by atoms with Crippen LogP contribution in [0.2, 0.25) is 0 Å². The lowest BCUT2D eigenvalue weighted by atomic mass is 9.87. The molecule has 1 aliphatic heterocycles. The predicted molar refractivity (Wildman–Crippen MR) is 151 cm³/mol. The molecule has 13 heteroatoms. The number of carboxylic acids is 1. The fourth-order valence-electron chi connectivity index (χ4n) is 5.49. The summed E-state index contributed by atoms with van der Waals surface area (Å²) in [4.78, 5) is 36.4. The molecule has 1 saturated carbocycles. The van der Waals surface area contributed by atoms with Crippen molar-refractivity contribution >= 4 is 48.7 Å². The molecule has 2 aromatic heterocycles. The van der Waals surface area contributed by atoms with Crippen LogP contribution in [0.3, 0.4) is 0 Å². The van der Waals surface area contributed by atoms with Crippen molar-refractivity contribution in [2.75, 3.05) is 39.1 Å². The number of carboxylic acid groups (broad SMARTS) is 1. The zero-order valence-electron chi connectivity index (χ0n) is 22.4. The molecule has 2 N–H and O–H groups in total. The number of sulfonamides is 1. The number of carbonyl (C=O) groups is 2. The molecule has 2 unspecified atom stereocenters. The number of anilines is 1. The Balaban J connectivity index is 1.36. The molecule has 3 aromatic rings. The lowest BCUT2D eigenvalue weighted by Gasteiger charge is -2.36. The van der Waals surface area contributed by atoms with Crippen LogP contribution in [0.5, 0.6) is 5.88 Å². The van der Waals surface area contributed by atoms with Crippen LogP contribution in [-0.4, -0.2) is 84.4 Å². The number of fused-ring (bicyclic) bond motifs is 1. The van der Waals surface area contributed by atoms with Crippen molar-refractivity contribution in [1.29, 1.82) is 0 Å². The van der Waals surface area contributed by atoms with Crippen LogP contribution in [0.15, 0.2) is 41.3 Å². The molecular formula is C27H33N5O6S2. The van der Waals surface area contributed by atoms with Crippen molar-refractivity contribution in [2.45, 2.75) is 49.0 Å². The first-order valence-electron chi connectivity index (χ1n) is 13.3. The zero-order valence-corrected chi connectivity index (χ0v) is 24.1. The van der Waals surface area contributed by atoms with Gasteiger partial charge in [0.15, 0.2) is 5.13 Å². The fourth-order valence-corrected chi connectivity index (χ4v) is 7.76. The Morgan fingerprint density at radius 2 is 1.85 bits per heavy atom. The van der Waals surface area contributed by atoms with Crippen LogP contribution in [0.1, 0.15) is 43.6 Å². The highest BCUT2D eigenvalue weighted by Crippen LogP contribution is 2.36. The average Bonchev–Trinajstić information content (AvgIpc) is 3.60. The molecular weight excluding hydrogens is 554 g/mol. The van der Waals surface area contributed by atoms with Gasteiger partial charge in [0.05, 0.1) is 17.9 Å². The van der Waals surface area contributed by atoms with Crippen LogP contribution in [0, 0.1) is 5.92 Å². The second-order valence-corrected chi connectivity index (χ2v) is 13.3. The number of hydrogen-bond acceptors (Lipinski definition) is 9. The smallest absolute Gasteiger partial charge is 0.322 e. The van der Waals surface area contributed by atoms with Crippen molar-refractivity contribution < 1.29 is 27.9 Å². The van der Waals surface area contributed by atoms with Crippen molar-refractivity contribution in [3.05, 3.63) is 42.0 Å². The Hall–Kier alpha value is -3.13. The molecule has 3 heterocycles. The van der Waals surface area contributed by atoms with Gasteiger partial charge in [-0.1, -0.05) is 49.2 Å². The van der Waals surface area contributed by atoms with Crippen molar-refractivity contribution in [1.82, 2.24) is 19.2 Å². The van der Waals surface area contributed by atoms with E-state index in [9.17, 15) is 23.1 Å². The summed E-state index contributed by atoms with van der Waals surface area (Å²) in [7, 11) is -0.672. The van der Waals surface area contributed by atoms with E-state index in [0.29, 0.717) is 40.2 Å². The maximum Gasteiger partial charge on any atom is 0.322 e. The van der Waals surface area contributed by atoms with Crippen molar-refractivity contribution in [3.63, 3.8) is 0 Å². The number of rotatable bonds is 9. The van der Waals surface area contributed by atoms with Gasteiger partial charge in [-0.05, 0) is 43.1 Å². The molecule has 0 radical (unpaired) electrons. The van der Waals surface area contributed by atoms with Crippen molar-refractivity contribution in [2.24, 2.45) is 5.92 Å². The Labute approximate surface area is 237 Å². The summed E-state index contributed by atoms with van der Waals surface area (Å²) in [6.45, 7) is 0.414. The number of nitrogens with one attached hydrogen (secondary N) is 1. The summed E-state index contributed by atoms with van der Waals surface area (Å²) in [5.41, 5.74) is 1.39. The topological polar surface area (TPSA) is 142 Å². The summed E-state index contributed by atoms with van der Waals surface area (Å²) in [6, 6.07) is 9.03. The summed E-state index contributed by atoms with van der Waals surface area (Å²) in [6.07, 6.45) is 5.08. The molecule has 11 nitrogen and oxygen atoms in total.